The van der Waals surface area contributed by atoms with Gasteiger partial charge in [-0.05, 0) is 48.4 Å². The second kappa shape index (κ2) is 12.1. The van der Waals surface area contributed by atoms with Crippen molar-refractivity contribution in [3.8, 4) is 17.2 Å². The van der Waals surface area contributed by atoms with Gasteiger partial charge in [0.25, 0.3) is 5.69 Å². The quantitative estimate of drug-likeness (QED) is 0.171. The number of anilines is 1. The number of benzene rings is 3. The zero-order chi connectivity index (χ0) is 23.5. The van der Waals surface area contributed by atoms with Crippen LogP contribution in [-0.2, 0) is 6.42 Å². The van der Waals surface area contributed by atoms with Crippen LogP contribution in [0.25, 0.3) is 0 Å². The monoisotopic (exact) mass is 449 g/mol. The van der Waals surface area contributed by atoms with Crippen LogP contribution >= 0.6 is 0 Å². The predicted molar refractivity (Wildman–Crippen MR) is 129 cm³/mol. The summed E-state index contributed by atoms with van der Waals surface area (Å²) in [5, 5.41) is 15.0. The van der Waals surface area contributed by atoms with E-state index < -0.39 is 4.92 Å². The Balaban J connectivity index is 1.55. The molecule has 0 amide bonds. The van der Waals surface area contributed by atoms with Crippen molar-refractivity contribution in [1.29, 1.82) is 0 Å². The van der Waals surface area contributed by atoms with E-state index in [2.05, 4.69) is 29.6 Å². The highest BCUT2D eigenvalue weighted by atomic mass is 16.6. The number of rotatable bonds is 12. The van der Waals surface area contributed by atoms with Crippen molar-refractivity contribution < 1.29 is 19.1 Å². The van der Waals surface area contributed by atoms with Gasteiger partial charge >= 0.3 is 0 Å². The van der Waals surface area contributed by atoms with Crippen LogP contribution in [0.4, 0.5) is 11.4 Å². The van der Waals surface area contributed by atoms with Crippen molar-refractivity contribution >= 4 is 17.6 Å². The molecule has 0 aromatic heterocycles. The standard InChI is InChI=1S/C25H27N3O5/c1-3-19-8-14-23(15-9-19)32-16-5-17-33-25-20(6-4-7-24(25)31-2)18-26-27-21-10-12-22(13-11-21)28(29)30/h4,6-15,18,27H,3,5,16-17H2,1-2H3/b26-18-. The van der Waals surface area contributed by atoms with Gasteiger partial charge in [-0.3, -0.25) is 15.5 Å². The largest absolute Gasteiger partial charge is 0.493 e. The minimum absolute atomic E-state index is 0.0231. The summed E-state index contributed by atoms with van der Waals surface area (Å²) in [6, 6.07) is 19.6. The lowest BCUT2D eigenvalue weighted by Gasteiger charge is -2.13. The van der Waals surface area contributed by atoms with Crippen LogP contribution in [0.5, 0.6) is 17.2 Å². The number of ether oxygens (including phenoxy) is 3. The lowest BCUT2D eigenvalue weighted by Crippen LogP contribution is -2.07. The van der Waals surface area contributed by atoms with E-state index in [-0.39, 0.29) is 5.69 Å². The zero-order valence-electron chi connectivity index (χ0n) is 18.7. The fraction of sp³-hybridized carbons (Fsp3) is 0.240. The summed E-state index contributed by atoms with van der Waals surface area (Å²) in [5.74, 6) is 2.03. The van der Waals surface area contributed by atoms with Gasteiger partial charge in [-0.1, -0.05) is 25.1 Å². The third-order valence-electron chi connectivity index (χ3n) is 4.84. The number of aryl methyl sites for hydroxylation is 1. The molecule has 0 heterocycles. The summed E-state index contributed by atoms with van der Waals surface area (Å²) in [6.07, 6.45) is 3.32. The Morgan fingerprint density at radius 2 is 1.73 bits per heavy atom. The second-order valence-electron chi connectivity index (χ2n) is 7.10. The zero-order valence-corrected chi connectivity index (χ0v) is 18.7. The molecule has 0 aliphatic heterocycles. The topological polar surface area (TPSA) is 95.2 Å². The van der Waals surface area contributed by atoms with Gasteiger partial charge in [0.1, 0.15) is 5.75 Å². The van der Waals surface area contributed by atoms with Crippen molar-refractivity contribution in [3.05, 3.63) is 88.0 Å². The number of methoxy groups -OCH3 is 1. The molecule has 0 aliphatic carbocycles. The number of non-ortho nitro benzene ring substituents is 1. The van der Waals surface area contributed by atoms with Crippen LogP contribution < -0.4 is 19.6 Å². The smallest absolute Gasteiger partial charge is 0.269 e. The number of nitrogens with one attached hydrogen (secondary N) is 1. The Bertz CT molecular complexity index is 1070. The van der Waals surface area contributed by atoms with Gasteiger partial charge < -0.3 is 14.2 Å². The van der Waals surface area contributed by atoms with E-state index in [0.717, 1.165) is 17.7 Å². The SMILES string of the molecule is CCc1ccc(OCCCOc2c(/C=N\Nc3ccc([N+](=O)[O-])cc3)cccc2OC)cc1. The molecule has 1 N–H and O–H groups in total. The van der Waals surface area contributed by atoms with E-state index in [9.17, 15) is 10.1 Å². The third kappa shape index (κ3) is 6.96. The molecule has 3 rings (SSSR count). The van der Waals surface area contributed by atoms with Crippen LogP contribution in [0.3, 0.4) is 0 Å². The average molecular weight is 450 g/mol. The number of nitrogens with zero attached hydrogens (tertiary/aromatic N) is 2. The molecule has 0 bridgehead atoms. The summed E-state index contributed by atoms with van der Waals surface area (Å²) in [5.41, 5.74) is 5.52. The average Bonchev–Trinajstić information content (AvgIpc) is 2.85. The molecule has 0 saturated heterocycles. The summed E-state index contributed by atoms with van der Waals surface area (Å²) < 4.78 is 17.2. The molecule has 0 radical (unpaired) electrons. The number of hydrazone groups is 1. The van der Waals surface area contributed by atoms with Gasteiger partial charge in [-0.25, -0.2) is 0 Å². The molecule has 8 heteroatoms. The van der Waals surface area contributed by atoms with Gasteiger partial charge in [-0.15, -0.1) is 0 Å². The van der Waals surface area contributed by atoms with Crippen LogP contribution in [-0.4, -0.2) is 31.5 Å². The molecule has 0 unspecified atom stereocenters. The summed E-state index contributed by atoms with van der Waals surface area (Å²) in [7, 11) is 1.58. The Morgan fingerprint density at radius 1 is 1.00 bits per heavy atom. The summed E-state index contributed by atoms with van der Waals surface area (Å²) in [4.78, 5) is 10.3. The van der Waals surface area contributed by atoms with Gasteiger partial charge in [0.05, 0.1) is 37.1 Å². The van der Waals surface area contributed by atoms with E-state index in [4.69, 9.17) is 14.2 Å². The van der Waals surface area contributed by atoms with Crippen LogP contribution in [0.2, 0.25) is 0 Å². The first-order valence-electron chi connectivity index (χ1n) is 10.7. The molecule has 0 atom stereocenters. The maximum absolute atomic E-state index is 10.8. The molecule has 172 valence electrons. The maximum atomic E-state index is 10.8. The van der Waals surface area contributed by atoms with E-state index in [1.165, 1.54) is 17.7 Å². The van der Waals surface area contributed by atoms with E-state index in [1.807, 2.05) is 30.3 Å². The van der Waals surface area contributed by atoms with Crippen molar-refractivity contribution in [3.63, 3.8) is 0 Å². The Labute approximate surface area is 193 Å². The number of hydrogen-bond acceptors (Lipinski definition) is 7. The van der Waals surface area contributed by atoms with Crippen molar-refractivity contribution in [2.45, 2.75) is 19.8 Å². The van der Waals surface area contributed by atoms with E-state index in [1.54, 1.807) is 25.5 Å². The summed E-state index contributed by atoms with van der Waals surface area (Å²) >= 11 is 0. The van der Waals surface area contributed by atoms with Gasteiger partial charge in [0, 0.05) is 24.1 Å². The molecule has 3 aromatic rings. The van der Waals surface area contributed by atoms with Crippen LogP contribution in [0.15, 0.2) is 71.8 Å². The van der Waals surface area contributed by atoms with Crippen molar-refractivity contribution in [2.75, 3.05) is 25.7 Å². The lowest BCUT2D eigenvalue weighted by atomic mass is 10.2. The second-order valence-corrected chi connectivity index (χ2v) is 7.10. The maximum Gasteiger partial charge on any atom is 0.269 e. The van der Waals surface area contributed by atoms with E-state index in [0.29, 0.717) is 36.8 Å². The molecule has 33 heavy (non-hydrogen) atoms. The fourth-order valence-electron chi connectivity index (χ4n) is 3.03. The predicted octanol–water partition coefficient (Wildman–Crippen LogP) is 5.46. The Morgan fingerprint density at radius 3 is 2.39 bits per heavy atom. The Kier molecular flexibility index (Phi) is 8.64. The molecule has 0 spiro atoms. The molecule has 3 aromatic carbocycles. The third-order valence-corrected chi connectivity index (χ3v) is 4.84. The van der Waals surface area contributed by atoms with Crippen molar-refractivity contribution in [1.82, 2.24) is 0 Å². The number of para-hydroxylation sites is 1. The first-order chi connectivity index (χ1) is 16.1. The van der Waals surface area contributed by atoms with E-state index >= 15 is 0 Å². The molecule has 0 saturated carbocycles. The minimum Gasteiger partial charge on any atom is -0.493 e. The normalized spacial score (nSPS) is 10.7. The molecule has 8 nitrogen and oxygen atoms in total. The number of hydrogen-bond donors (Lipinski definition) is 1. The lowest BCUT2D eigenvalue weighted by molar-refractivity contribution is -0.384. The fourth-order valence-corrected chi connectivity index (χ4v) is 3.03. The number of nitro benzene ring substituents is 1. The van der Waals surface area contributed by atoms with Gasteiger partial charge in [0.15, 0.2) is 11.5 Å². The first-order valence-corrected chi connectivity index (χ1v) is 10.7. The van der Waals surface area contributed by atoms with Crippen LogP contribution in [0, 0.1) is 10.1 Å². The summed E-state index contributed by atoms with van der Waals surface area (Å²) in [6.45, 7) is 3.10. The first kappa shape index (κ1) is 23.6. The highest BCUT2D eigenvalue weighted by Gasteiger charge is 2.09. The minimum atomic E-state index is -0.444. The van der Waals surface area contributed by atoms with Gasteiger partial charge in [-0.2, -0.15) is 5.10 Å². The molecular formula is C25H27N3O5. The number of nitro groups is 1. The molecule has 0 fully saturated rings. The van der Waals surface area contributed by atoms with Gasteiger partial charge in [0.2, 0.25) is 0 Å². The Hall–Kier alpha value is -4.07. The van der Waals surface area contributed by atoms with Crippen molar-refractivity contribution in [2.24, 2.45) is 5.10 Å². The highest BCUT2D eigenvalue weighted by molar-refractivity contribution is 5.85. The highest BCUT2D eigenvalue weighted by Crippen LogP contribution is 2.30. The molecular weight excluding hydrogens is 422 g/mol. The van der Waals surface area contributed by atoms with Crippen LogP contribution in [0.1, 0.15) is 24.5 Å². The molecule has 0 aliphatic rings.